The number of hydrogen-bond acceptors (Lipinski definition) is 3. The summed E-state index contributed by atoms with van der Waals surface area (Å²) in [5.74, 6) is 5.69. The van der Waals surface area contributed by atoms with Crippen LogP contribution in [0, 0.1) is 11.8 Å². The van der Waals surface area contributed by atoms with Crippen LogP contribution < -0.4 is 10.6 Å². The van der Waals surface area contributed by atoms with Crippen molar-refractivity contribution >= 4 is 22.9 Å². The van der Waals surface area contributed by atoms with Crippen molar-refractivity contribution < 1.29 is 4.79 Å². The number of rotatable bonds is 3. The Morgan fingerprint density at radius 3 is 2.62 bits per heavy atom. The van der Waals surface area contributed by atoms with Gasteiger partial charge in [0.2, 0.25) is 0 Å². The van der Waals surface area contributed by atoms with Gasteiger partial charge in [0.25, 0.3) is 5.91 Å². The van der Waals surface area contributed by atoms with Crippen LogP contribution in [0.2, 0.25) is 0 Å². The molecule has 108 valence electrons. The molecule has 21 heavy (non-hydrogen) atoms. The predicted octanol–water partition coefficient (Wildman–Crippen LogP) is 2.90. The summed E-state index contributed by atoms with van der Waals surface area (Å²) in [6, 6.07) is 9.88. The Balaban J connectivity index is 2.24. The van der Waals surface area contributed by atoms with Gasteiger partial charge >= 0.3 is 0 Å². The number of carbonyl (C=O) groups excluding carboxylic acids is 1. The van der Waals surface area contributed by atoms with Crippen LogP contribution in [-0.4, -0.2) is 19.5 Å². The molecule has 1 aromatic carbocycles. The molecule has 1 heterocycles. The molecule has 0 saturated carbocycles. The molecule has 0 radical (unpaired) electrons. The van der Waals surface area contributed by atoms with E-state index < -0.39 is 0 Å². The number of nitrogens with two attached hydrogens (primary N) is 1. The molecular weight excluding hydrogens is 280 g/mol. The molecule has 0 fully saturated rings. The first-order valence-electron chi connectivity index (χ1n) is 6.80. The lowest BCUT2D eigenvalue weighted by atomic mass is 10.1. The second-order valence-corrected chi connectivity index (χ2v) is 5.47. The molecule has 0 aliphatic carbocycles. The fraction of sp³-hybridized carbons (Fsp3) is 0.235. The fourth-order valence-corrected chi connectivity index (χ4v) is 2.77. The van der Waals surface area contributed by atoms with Crippen LogP contribution in [0.5, 0.6) is 0 Å². The van der Waals surface area contributed by atoms with Crippen molar-refractivity contribution in [3.63, 3.8) is 0 Å². The summed E-state index contributed by atoms with van der Waals surface area (Å²) < 4.78 is 0. The number of anilines is 1. The summed E-state index contributed by atoms with van der Waals surface area (Å²) in [4.78, 5) is 14.9. The molecule has 1 aromatic heterocycles. The Morgan fingerprint density at radius 2 is 2.00 bits per heavy atom. The number of hydrogen-bond donors (Lipinski definition) is 1. The predicted molar refractivity (Wildman–Crippen MR) is 88.8 cm³/mol. The molecule has 0 bridgehead atoms. The average molecular weight is 298 g/mol. The maximum absolute atomic E-state index is 12.6. The van der Waals surface area contributed by atoms with E-state index in [2.05, 4.69) is 18.8 Å². The van der Waals surface area contributed by atoms with Crippen molar-refractivity contribution in [2.75, 3.05) is 18.5 Å². The Hall–Kier alpha value is -2.09. The standard InChI is InChI=1S/C17H18N2OS/c1-3-13-6-8-15(9-7-13)19(2)17(20)16-14(5-4-11-18)10-12-21-16/h6-10,12H,3,11,18H2,1-2H3. The van der Waals surface area contributed by atoms with Crippen LogP contribution in [0.1, 0.15) is 27.7 Å². The van der Waals surface area contributed by atoms with E-state index in [1.807, 2.05) is 35.7 Å². The maximum atomic E-state index is 12.6. The van der Waals surface area contributed by atoms with Crippen molar-refractivity contribution in [2.45, 2.75) is 13.3 Å². The van der Waals surface area contributed by atoms with Gasteiger partial charge in [0.15, 0.2) is 0 Å². The summed E-state index contributed by atoms with van der Waals surface area (Å²) in [7, 11) is 1.78. The van der Waals surface area contributed by atoms with E-state index in [-0.39, 0.29) is 12.5 Å². The first-order chi connectivity index (χ1) is 10.2. The Labute approximate surface area is 129 Å². The molecule has 2 aromatic rings. The summed E-state index contributed by atoms with van der Waals surface area (Å²) in [5, 5.41) is 1.88. The van der Waals surface area contributed by atoms with Crippen LogP contribution in [0.4, 0.5) is 5.69 Å². The summed E-state index contributed by atoms with van der Waals surface area (Å²) in [5.41, 5.74) is 8.26. The monoisotopic (exact) mass is 298 g/mol. The normalized spacial score (nSPS) is 9.86. The second-order valence-electron chi connectivity index (χ2n) is 4.55. The lowest BCUT2D eigenvalue weighted by Gasteiger charge is -2.17. The topological polar surface area (TPSA) is 46.3 Å². The van der Waals surface area contributed by atoms with Crippen LogP contribution in [0.3, 0.4) is 0 Å². The quantitative estimate of drug-likeness (QED) is 0.886. The highest BCUT2D eigenvalue weighted by molar-refractivity contribution is 7.12. The van der Waals surface area contributed by atoms with E-state index in [0.29, 0.717) is 4.88 Å². The SMILES string of the molecule is CCc1ccc(N(C)C(=O)c2sccc2C#CCN)cc1. The van der Waals surface area contributed by atoms with E-state index in [0.717, 1.165) is 17.7 Å². The number of thiophene rings is 1. The molecule has 4 heteroatoms. The van der Waals surface area contributed by atoms with Crippen molar-refractivity contribution in [3.05, 3.63) is 51.7 Å². The highest BCUT2D eigenvalue weighted by Gasteiger charge is 2.17. The van der Waals surface area contributed by atoms with E-state index in [1.165, 1.54) is 16.9 Å². The van der Waals surface area contributed by atoms with Crippen molar-refractivity contribution in [2.24, 2.45) is 5.73 Å². The molecule has 0 spiro atoms. The molecule has 1 amide bonds. The summed E-state index contributed by atoms with van der Waals surface area (Å²) >= 11 is 1.40. The Morgan fingerprint density at radius 1 is 1.29 bits per heavy atom. The third kappa shape index (κ3) is 3.52. The Bertz CT molecular complexity index is 677. The average Bonchev–Trinajstić information content (AvgIpc) is 3.00. The zero-order chi connectivity index (χ0) is 15.2. The number of benzene rings is 1. The van der Waals surface area contributed by atoms with Crippen molar-refractivity contribution in [1.82, 2.24) is 0 Å². The van der Waals surface area contributed by atoms with Gasteiger partial charge in [-0.05, 0) is 35.6 Å². The molecule has 0 aliphatic rings. The Kier molecular flexibility index (Phi) is 5.15. The molecule has 0 aliphatic heterocycles. The lowest BCUT2D eigenvalue weighted by molar-refractivity contribution is 0.0996. The van der Waals surface area contributed by atoms with Crippen LogP contribution in [0.15, 0.2) is 35.7 Å². The second kappa shape index (κ2) is 7.07. The van der Waals surface area contributed by atoms with Crippen LogP contribution in [0.25, 0.3) is 0 Å². The van der Waals surface area contributed by atoms with Gasteiger partial charge in [-0.3, -0.25) is 4.79 Å². The van der Waals surface area contributed by atoms with Gasteiger partial charge < -0.3 is 10.6 Å². The minimum Gasteiger partial charge on any atom is -0.320 e. The van der Waals surface area contributed by atoms with Crippen molar-refractivity contribution in [1.29, 1.82) is 0 Å². The van der Waals surface area contributed by atoms with Crippen molar-refractivity contribution in [3.8, 4) is 11.8 Å². The van der Waals surface area contributed by atoms with Crippen LogP contribution in [-0.2, 0) is 6.42 Å². The summed E-state index contributed by atoms with van der Waals surface area (Å²) in [6.07, 6.45) is 0.988. The van der Waals surface area contributed by atoms with Gasteiger partial charge in [-0.25, -0.2) is 0 Å². The fourth-order valence-electron chi connectivity index (χ4n) is 1.94. The van der Waals surface area contributed by atoms with Gasteiger partial charge in [-0.1, -0.05) is 30.9 Å². The number of nitrogens with zero attached hydrogens (tertiary/aromatic N) is 1. The third-order valence-corrected chi connectivity index (χ3v) is 4.12. The minimum absolute atomic E-state index is 0.0458. The van der Waals surface area contributed by atoms with E-state index in [4.69, 9.17) is 5.73 Å². The molecule has 3 nitrogen and oxygen atoms in total. The first-order valence-corrected chi connectivity index (χ1v) is 7.68. The van der Waals surface area contributed by atoms with E-state index in [1.54, 1.807) is 11.9 Å². The molecule has 0 unspecified atom stereocenters. The van der Waals surface area contributed by atoms with E-state index >= 15 is 0 Å². The molecular formula is C17H18N2OS. The van der Waals surface area contributed by atoms with Gasteiger partial charge in [-0.2, -0.15) is 0 Å². The highest BCUT2D eigenvalue weighted by atomic mass is 32.1. The molecule has 0 saturated heterocycles. The van der Waals surface area contributed by atoms with Gasteiger partial charge in [0, 0.05) is 18.3 Å². The number of amides is 1. The first kappa shape index (κ1) is 15.3. The smallest absolute Gasteiger partial charge is 0.269 e. The zero-order valence-corrected chi connectivity index (χ0v) is 13.0. The van der Waals surface area contributed by atoms with Crippen LogP contribution >= 0.6 is 11.3 Å². The maximum Gasteiger partial charge on any atom is 0.269 e. The minimum atomic E-state index is -0.0458. The third-order valence-electron chi connectivity index (χ3n) is 3.22. The molecule has 2 N–H and O–H groups in total. The number of aryl methyl sites for hydroxylation is 1. The molecule has 2 rings (SSSR count). The molecule has 0 atom stereocenters. The largest absolute Gasteiger partial charge is 0.320 e. The van der Waals surface area contributed by atoms with Gasteiger partial charge in [-0.15, -0.1) is 11.3 Å². The highest BCUT2D eigenvalue weighted by Crippen LogP contribution is 2.22. The summed E-state index contributed by atoms with van der Waals surface area (Å²) in [6.45, 7) is 2.40. The van der Waals surface area contributed by atoms with E-state index in [9.17, 15) is 4.79 Å². The van der Waals surface area contributed by atoms with Gasteiger partial charge in [0.1, 0.15) is 4.88 Å². The zero-order valence-electron chi connectivity index (χ0n) is 12.2. The number of carbonyl (C=O) groups is 1. The van der Waals surface area contributed by atoms with Gasteiger partial charge in [0.05, 0.1) is 6.54 Å². The lowest BCUT2D eigenvalue weighted by Crippen LogP contribution is -2.26.